The van der Waals surface area contributed by atoms with Gasteiger partial charge in [-0.25, -0.2) is 0 Å². The average Bonchev–Trinajstić information content (AvgIpc) is 2.30. The molecule has 0 aliphatic carbocycles. The number of aliphatic hydroxyl groups is 2. The smallest absolute Gasteiger partial charge is 0.220 e. The zero-order valence-electron chi connectivity index (χ0n) is 12.0. The molecule has 2 atom stereocenters. The van der Waals surface area contributed by atoms with Crippen LogP contribution in [0, 0.1) is 5.92 Å². The lowest BCUT2D eigenvalue weighted by atomic mass is 10.0. The van der Waals surface area contributed by atoms with Crippen molar-refractivity contribution in [2.45, 2.75) is 71.4 Å². The number of hydrogen-bond donors (Lipinski definition) is 3. The van der Waals surface area contributed by atoms with Gasteiger partial charge in [-0.2, -0.15) is 0 Å². The number of amides is 1. The van der Waals surface area contributed by atoms with Crippen LogP contribution in [0.15, 0.2) is 0 Å². The van der Waals surface area contributed by atoms with Crippen LogP contribution in [0.1, 0.15) is 59.3 Å². The molecule has 0 aliphatic heterocycles. The van der Waals surface area contributed by atoms with E-state index in [-0.39, 0.29) is 18.4 Å². The van der Waals surface area contributed by atoms with Crippen molar-refractivity contribution in [1.29, 1.82) is 0 Å². The van der Waals surface area contributed by atoms with E-state index in [0.29, 0.717) is 12.8 Å². The molecule has 0 spiro atoms. The van der Waals surface area contributed by atoms with Crippen molar-refractivity contribution >= 4 is 5.91 Å². The van der Waals surface area contributed by atoms with E-state index in [0.717, 1.165) is 25.7 Å². The summed E-state index contributed by atoms with van der Waals surface area (Å²) in [7, 11) is 0. The maximum Gasteiger partial charge on any atom is 0.220 e. The molecule has 108 valence electrons. The van der Waals surface area contributed by atoms with Crippen molar-refractivity contribution in [3.63, 3.8) is 0 Å². The molecule has 1 amide bonds. The van der Waals surface area contributed by atoms with Crippen molar-refractivity contribution in [2.75, 3.05) is 6.61 Å². The van der Waals surface area contributed by atoms with Crippen LogP contribution < -0.4 is 5.32 Å². The van der Waals surface area contributed by atoms with Crippen LogP contribution in [-0.2, 0) is 4.79 Å². The zero-order valence-corrected chi connectivity index (χ0v) is 12.0. The second-order valence-corrected chi connectivity index (χ2v) is 5.37. The van der Waals surface area contributed by atoms with E-state index in [1.807, 2.05) is 13.8 Å². The maximum atomic E-state index is 11.6. The number of hydrogen-bond acceptors (Lipinski definition) is 3. The largest absolute Gasteiger partial charge is 0.394 e. The fourth-order valence-corrected chi connectivity index (χ4v) is 1.88. The third-order valence-corrected chi connectivity index (χ3v) is 2.95. The van der Waals surface area contributed by atoms with Gasteiger partial charge in [0, 0.05) is 6.42 Å². The topological polar surface area (TPSA) is 69.6 Å². The molecule has 0 bridgehead atoms. The zero-order chi connectivity index (χ0) is 14.0. The number of aliphatic hydroxyl groups excluding tert-OH is 2. The van der Waals surface area contributed by atoms with Crippen molar-refractivity contribution in [3.8, 4) is 0 Å². The Balaban J connectivity index is 3.95. The Hall–Kier alpha value is -0.610. The minimum Gasteiger partial charge on any atom is -0.394 e. The van der Waals surface area contributed by atoms with E-state index in [2.05, 4.69) is 12.2 Å². The number of carbonyl (C=O) groups excluding carboxylic acids is 1. The third-order valence-electron chi connectivity index (χ3n) is 2.95. The minimum absolute atomic E-state index is 0.100. The normalized spacial score (nSPS) is 14.6. The summed E-state index contributed by atoms with van der Waals surface area (Å²) >= 11 is 0. The Morgan fingerprint density at radius 1 is 1.22 bits per heavy atom. The maximum absolute atomic E-state index is 11.6. The first-order valence-electron chi connectivity index (χ1n) is 7.09. The fourth-order valence-electron chi connectivity index (χ4n) is 1.88. The third kappa shape index (κ3) is 8.48. The van der Waals surface area contributed by atoms with Gasteiger partial charge < -0.3 is 15.5 Å². The number of unbranched alkanes of at least 4 members (excludes halogenated alkanes) is 3. The lowest BCUT2D eigenvalue weighted by Gasteiger charge is -2.22. The van der Waals surface area contributed by atoms with E-state index in [1.54, 1.807) is 0 Å². The fraction of sp³-hybridized carbons (Fsp3) is 0.929. The van der Waals surface area contributed by atoms with Gasteiger partial charge in [-0.15, -0.1) is 0 Å². The summed E-state index contributed by atoms with van der Waals surface area (Å²) in [5.74, 6) is 0.183. The lowest BCUT2D eigenvalue weighted by molar-refractivity contribution is -0.123. The van der Waals surface area contributed by atoms with Gasteiger partial charge in [-0.1, -0.05) is 46.5 Å². The predicted molar refractivity (Wildman–Crippen MR) is 73.2 cm³/mol. The Morgan fingerprint density at radius 2 is 1.89 bits per heavy atom. The van der Waals surface area contributed by atoms with Gasteiger partial charge in [0.25, 0.3) is 0 Å². The molecule has 18 heavy (non-hydrogen) atoms. The Kier molecular flexibility index (Phi) is 9.98. The van der Waals surface area contributed by atoms with E-state index >= 15 is 0 Å². The molecule has 4 heteroatoms. The predicted octanol–water partition coefficient (Wildman–Crippen LogP) is 1.84. The van der Waals surface area contributed by atoms with E-state index in [4.69, 9.17) is 0 Å². The van der Waals surface area contributed by atoms with E-state index < -0.39 is 12.1 Å². The molecule has 0 saturated carbocycles. The van der Waals surface area contributed by atoms with Gasteiger partial charge in [0.2, 0.25) is 5.91 Å². The highest BCUT2D eigenvalue weighted by Gasteiger charge is 2.20. The number of rotatable bonds is 10. The second kappa shape index (κ2) is 10.3. The molecule has 0 fully saturated rings. The van der Waals surface area contributed by atoms with Crippen LogP contribution in [0.4, 0.5) is 0 Å². The van der Waals surface area contributed by atoms with Crippen LogP contribution in [0.5, 0.6) is 0 Å². The molecule has 0 rings (SSSR count). The van der Waals surface area contributed by atoms with E-state index in [9.17, 15) is 15.0 Å². The van der Waals surface area contributed by atoms with Crippen LogP contribution in [0.3, 0.4) is 0 Å². The molecule has 1 unspecified atom stereocenters. The first-order chi connectivity index (χ1) is 8.51. The van der Waals surface area contributed by atoms with Gasteiger partial charge in [0.05, 0.1) is 18.8 Å². The highest BCUT2D eigenvalue weighted by atomic mass is 16.3. The molecular formula is C14H29NO3. The van der Waals surface area contributed by atoms with Crippen LogP contribution >= 0.6 is 0 Å². The van der Waals surface area contributed by atoms with Gasteiger partial charge in [0.1, 0.15) is 0 Å². The lowest BCUT2D eigenvalue weighted by Crippen LogP contribution is -2.46. The van der Waals surface area contributed by atoms with Gasteiger partial charge >= 0.3 is 0 Å². The summed E-state index contributed by atoms with van der Waals surface area (Å²) in [5, 5.41) is 21.8. The molecule has 0 aromatic carbocycles. The highest BCUT2D eigenvalue weighted by Crippen LogP contribution is 2.09. The quantitative estimate of drug-likeness (QED) is 0.524. The molecule has 0 aliphatic rings. The molecule has 3 N–H and O–H groups in total. The van der Waals surface area contributed by atoms with Crippen molar-refractivity contribution in [1.82, 2.24) is 5.32 Å². The monoisotopic (exact) mass is 259 g/mol. The summed E-state index contributed by atoms with van der Waals surface area (Å²) in [6.07, 6.45) is 4.76. The molecule has 0 saturated heterocycles. The van der Waals surface area contributed by atoms with Gasteiger partial charge in [-0.05, 0) is 12.3 Å². The SMILES string of the molecule is CCCCCCC(O)[C@H](CO)NC(=O)CC(C)C. The molecule has 0 aromatic rings. The number of nitrogens with one attached hydrogen (secondary N) is 1. The van der Waals surface area contributed by atoms with Gasteiger partial charge in [-0.3, -0.25) is 4.79 Å². The summed E-state index contributed by atoms with van der Waals surface area (Å²) in [4.78, 5) is 11.6. The van der Waals surface area contributed by atoms with Crippen molar-refractivity contribution in [3.05, 3.63) is 0 Å². The standard InChI is InChI=1S/C14H29NO3/c1-4-5-6-7-8-13(17)12(10-16)15-14(18)9-11(2)3/h11-13,16-17H,4-10H2,1-3H3,(H,15,18)/t12-,13?/m0/s1. The van der Waals surface area contributed by atoms with Crippen LogP contribution in [0.2, 0.25) is 0 Å². The van der Waals surface area contributed by atoms with Crippen molar-refractivity contribution < 1.29 is 15.0 Å². The van der Waals surface area contributed by atoms with E-state index in [1.165, 1.54) is 0 Å². The second-order valence-electron chi connectivity index (χ2n) is 5.37. The molecular weight excluding hydrogens is 230 g/mol. The molecule has 0 radical (unpaired) electrons. The number of carbonyl (C=O) groups is 1. The molecule has 0 heterocycles. The van der Waals surface area contributed by atoms with Crippen LogP contribution in [-0.4, -0.2) is 34.9 Å². The minimum atomic E-state index is -0.650. The Bertz CT molecular complexity index is 219. The van der Waals surface area contributed by atoms with Gasteiger partial charge in [0.15, 0.2) is 0 Å². The average molecular weight is 259 g/mol. The highest BCUT2D eigenvalue weighted by molar-refractivity contribution is 5.76. The summed E-state index contributed by atoms with van der Waals surface area (Å²) in [5.41, 5.74) is 0. The first-order valence-corrected chi connectivity index (χ1v) is 7.09. The summed E-state index contributed by atoms with van der Waals surface area (Å²) < 4.78 is 0. The summed E-state index contributed by atoms with van der Waals surface area (Å²) in [6.45, 7) is 5.86. The Morgan fingerprint density at radius 3 is 2.39 bits per heavy atom. The summed E-state index contributed by atoms with van der Waals surface area (Å²) in [6, 6.07) is -0.530. The molecule has 4 nitrogen and oxygen atoms in total. The van der Waals surface area contributed by atoms with Crippen molar-refractivity contribution in [2.24, 2.45) is 5.92 Å². The first kappa shape index (κ1) is 17.4. The molecule has 0 aromatic heterocycles. The van der Waals surface area contributed by atoms with Crippen LogP contribution in [0.25, 0.3) is 0 Å². The Labute approximate surface area is 111 Å².